The summed E-state index contributed by atoms with van der Waals surface area (Å²) in [5.41, 5.74) is 9.61. The largest absolute Gasteiger partial charge is 0.463 e. The lowest BCUT2D eigenvalue weighted by atomic mass is 9.95. The fraction of sp³-hybridized carbons (Fsp3) is 0.579. The number of amides is 1. The zero-order chi connectivity index (χ0) is 20.0. The van der Waals surface area contributed by atoms with Crippen LogP contribution >= 0.6 is 0 Å². The minimum absolute atomic E-state index is 0.0595. The first kappa shape index (κ1) is 20.6. The minimum atomic E-state index is -0.579. The van der Waals surface area contributed by atoms with Crippen LogP contribution in [0.3, 0.4) is 0 Å². The van der Waals surface area contributed by atoms with Crippen LogP contribution in [0.1, 0.15) is 52.1 Å². The van der Waals surface area contributed by atoms with Crippen molar-refractivity contribution in [2.45, 2.75) is 70.9 Å². The normalized spacial score (nSPS) is 21.8. The monoisotopic (exact) mass is 374 g/mol. The molecular weight excluding hydrogens is 348 g/mol. The molecule has 1 saturated heterocycles. The predicted octanol–water partition coefficient (Wildman–Crippen LogP) is 4.37. The van der Waals surface area contributed by atoms with Crippen LogP contribution in [-0.4, -0.2) is 41.3 Å². The van der Waals surface area contributed by atoms with Crippen molar-refractivity contribution in [3.63, 3.8) is 0 Å². The van der Waals surface area contributed by atoms with Crippen molar-refractivity contribution in [3.05, 3.63) is 46.3 Å². The Hall–Kier alpha value is -2.73. The number of carbonyl (C=O) groups is 2. The van der Waals surface area contributed by atoms with E-state index in [9.17, 15) is 9.59 Å². The fourth-order valence-electron chi connectivity index (χ4n) is 3.27. The Morgan fingerprint density at radius 1 is 1.33 bits per heavy atom. The van der Waals surface area contributed by atoms with E-state index < -0.39 is 24.3 Å². The van der Waals surface area contributed by atoms with Gasteiger partial charge in [0.25, 0.3) is 0 Å². The molecule has 27 heavy (non-hydrogen) atoms. The number of cyclic esters (lactones) is 1. The third-order valence-corrected chi connectivity index (χ3v) is 4.60. The van der Waals surface area contributed by atoms with Crippen LogP contribution in [-0.2, 0) is 14.3 Å². The third-order valence-electron chi connectivity index (χ3n) is 4.60. The highest BCUT2D eigenvalue weighted by atomic mass is 16.6. The lowest BCUT2D eigenvalue weighted by molar-refractivity contribution is -0.149. The second kappa shape index (κ2) is 9.28. The minimum Gasteiger partial charge on any atom is -0.463 e. The van der Waals surface area contributed by atoms with Gasteiger partial charge in [-0.25, -0.2) is 4.79 Å². The molecule has 0 aromatic heterocycles. The molecule has 8 heteroatoms. The molecule has 2 rings (SSSR count). The quantitative estimate of drug-likeness (QED) is 0.306. The zero-order valence-electron chi connectivity index (χ0n) is 16.1. The molecule has 0 aliphatic carbocycles. The van der Waals surface area contributed by atoms with Crippen molar-refractivity contribution < 1.29 is 19.1 Å². The van der Waals surface area contributed by atoms with Gasteiger partial charge in [0, 0.05) is 17.4 Å². The molecule has 1 amide bonds. The lowest BCUT2D eigenvalue weighted by Crippen LogP contribution is -2.52. The van der Waals surface area contributed by atoms with Crippen LogP contribution in [0, 0.1) is 0 Å². The van der Waals surface area contributed by atoms with Crippen molar-refractivity contribution in [1.29, 1.82) is 0 Å². The van der Waals surface area contributed by atoms with Crippen molar-refractivity contribution in [2.24, 2.45) is 5.11 Å². The molecule has 1 aromatic carbocycles. The summed E-state index contributed by atoms with van der Waals surface area (Å²) in [6.07, 6.45) is -0.888. The molecule has 8 nitrogen and oxygen atoms in total. The van der Waals surface area contributed by atoms with Crippen LogP contribution in [0.2, 0.25) is 0 Å². The Kier molecular flexibility index (Phi) is 7.07. The van der Waals surface area contributed by atoms with Crippen molar-refractivity contribution >= 4 is 12.1 Å². The summed E-state index contributed by atoms with van der Waals surface area (Å²) in [7, 11) is 0. The number of rotatable bonds is 7. The number of nitrogens with zero attached hydrogens (tertiary/aromatic N) is 4. The number of hydrogen-bond acceptors (Lipinski definition) is 5. The van der Waals surface area contributed by atoms with Gasteiger partial charge in [-0.1, -0.05) is 42.4 Å². The van der Waals surface area contributed by atoms with Gasteiger partial charge in [-0.15, -0.1) is 0 Å². The van der Waals surface area contributed by atoms with Gasteiger partial charge in [0.05, 0.1) is 24.6 Å². The Bertz CT molecular complexity index is 703. The van der Waals surface area contributed by atoms with E-state index in [1.54, 1.807) is 25.7 Å². The first-order valence-electron chi connectivity index (χ1n) is 9.11. The van der Waals surface area contributed by atoms with E-state index in [-0.39, 0.29) is 24.5 Å². The Balaban J connectivity index is 2.26. The molecule has 146 valence electrons. The first-order valence-corrected chi connectivity index (χ1v) is 9.11. The average Bonchev–Trinajstić information content (AvgIpc) is 2.61. The molecule has 1 aliphatic rings. The first-order chi connectivity index (χ1) is 12.8. The summed E-state index contributed by atoms with van der Waals surface area (Å²) >= 11 is 0. The van der Waals surface area contributed by atoms with Gasteiger partial charge in [0.2, 0.25) is 0 Å². The summed E-state index contributed by atoms with van der Waals surface area (Å²) < 4.78 is 10.8. The van der Waals surface area contributed by atoms with E-state index in [0.29, 0.717) is 6.42 Å². The maximum absolute atomic E-state index is 12.8. The van der Waals surface area contributed by atoms with Crippen molar-refractivity contribution in [2.75, 3.05) is 0 Å². The van der Waals surface area contributed by atoms with E-state index in [0.717, 1.165) is 5.56 Å². The fourth-order valence-corrected chi connectivity index (χ4v) is 3.27. The molecular formula is C19H26N4O4. The molecule has 4 atom stereocenters. The summed E-state index contributed by atoms with van der Waals surface area (Å²) in [4.78, 5) is 29.4. The van der Waals surface area contributed by atoms with E-state index in [1.807, 2.05) is 37.3 Å². The smallest absolute Gasteiger partial charge is 0.410 e. The van der Waals surface area contributed by atoms with E-state index in [4.69, 9.17) is 15.0 Å². The standard InChI is InChI=1S/C19H26N4O4/c1-12(2)26-18(24)11-16-10-17(13(3)21-22-20)27-19(25)23(16)14(4)15-8-6-5-7-9-15/h5-9,12-14,16-17H,10-11H2,1-4H3/t13-,14-,16-,17-/m1/s1. The van der Waals surface area contributed by atoms with Crippen molar-refractivity contribution in [3.8, 4) is 0 Å². The molecule has 0 radical (unpaired) electrons. The molecule has 0 saturated carbocycles. The Labute approximate surface area is 159 Å². The van der Waals surface area contributed by atoms with Gasteiger partial charge < -0.3 is 9.47 Å². The molecule has 0 N–H and O–H groups in total. The number of esters is 1. The zero-order valence-corrected chi connectivity index (χ0v) is 16.1. The van der Waals surface area contributed by atoms with Crippen LogP contribution in [0.15, 0.2) is 35.4 Å². The lowest BCUT2D eigenvalue weighted by Gasteiger charge is -2.42. The van der Waals surface area contributed by atoms with Crippen molar-refractivity contribution in [1.82, 2.24) is 4.90 Å². The number of carbonyl (C=O) groups excluding carboxylic acids is 2. The van der Waals surface area contributed by atoms with Crippen LogP contribution in [0.5, 0.6) is 0 Å². The van der Waals surface area contributed by atoms with Gasteiger partial charge in [-0.05, 0) is 31.9 Å². The molecule has 0 unspecified atom stereocenters. The summed E-state index contributed by atoms with van der Waals surface area (Å²) in [6, 6.07) is 8.36. The van der Waals surface area contributed by atoms with Gasteiger partial charge in [-0.2, -0.15) is 0 Å². The van der Waals surface area contributed by atoms with Gasteiger partial charge in [-0.3, -0.25) is 9.69 Å². The van der Waals surface area contributed by atoms with E-state index in [2.05, 4.69) is 10.0 Å². The maximum atomic E-state index is 12.8. The van der Waals surface area contributed by atoms with Gasteiger partial charge in [0.1, 0.15) is 6.10 Å². The number of hydrogen-bond donors (Lipinski definition) is 0. The Morgan fingerprint density at radius 3 is 2.59 bits per heavy atom. The van der Waals surface area contributed by atoms with Crippen LogP contribution in [0.25, 0.3) is 10.4 Å². The van der Waals surface area contributed by atoms with Gasteiger partial charge >= 0.3 is 12.1 Å². The molecule has 1 fully saturated rings. The Morgan fingerprint density at radius 2 is 2.00 bits per heavy atom. The average molecular weight is 374 g/mol. The second-order valence-corrected chi connectivity index (χ2v) is 6.99. The summed E-state index contributed by atoms with van der Waals surface area (Å²) in [5, 5.41) is 3.64. The predicted molar refractivity (Wildman–Crippen MR) is 99.8 cm³/mol. The number of azide groups is 1. The second-order valence-electron chi connectivity index (χ2n) is 6.99. The topological polar surface area (TPSA) is 105 Å². The molecule has 0 bridgehead atoms. The highest BCUT2D eigenvalue weighted by Crippen LogP contribution is 2.32. The number of ether oxygens (including phenoxy) is 2. The maximum Gasteiger partial charge on any atom is 0.410 e. The number of benzene rings is 1. The third kappa shape index (κ3) is 5.37. The highest BCUT2D eigenvalue weighted by molar-refractivity contribution is 5.74. The molecule has 1 aromatic rings. The van der Waals surface area contributed by atoms with E-state index in [1.165, 1.54) is 0 Å². The molecule has 1 heterocycles. The van der Waals surface area contributed by atoms with Crippen LogP contribution in [0.4, 0.5) is 4.79 Å². The van der Waals surface area contributed by atoms with Crippen LogP contribution < -0.4 is 0 Å². The summed E-state index contributed by atoms with van der Waals surface area (Å²) in [6.45, 7) is 7.15. The highest BCUT2D eigenvalue weighted by Gasteiger charge is 2.41. The van der Waals surface area contributed by atoms with E-state index >= 15 is 0 Å². The van der Waals surface area contributed by atoms with Gasteiger partial charge in [0.15, 0.2) is 0 Å². The molecule has 0 spiro atoms. The SMILES string of the molecule is CC(C)OC(=O)C[C@H]1C[C@H]([C@@H](C)N=[N+]=[N-])OC(=O)N1[C@H](C)c1ccccc1. The molecule has 1 aliphatic heterocycles. The summed E-state index contributed by atoms with van der Waals surface area (Å²) in [5.74, 6) is -0.370.